The molecule has 1 heterocycles. The molecule has 0 aromatic heterocycles. The summed E-state index contributed by atoms with van der Waals surface area (Å²) in [5, 5.41) is 18.8. The third-order valence-electron chi connectivity index (χ3n) is 2.48. The molecule has 5 atom stereocenters. The first-order valence-corrected chi connectivity index (χ1v) is 4.48. The standard InChI is InChI=1S/C8H17NO5/c1-12-7-4(3-10)14-8(13-2)5(9)6(7)11/h4-8,10-11H,3,9H2,1-2H3/p+1/t4?,5?,6-,7-,8-/m1/s1. The summed E-state index contributed by atoms with van der Waals surface area (Å²) >= 11 is 0. The maximum atomic E-state index is 9.78. The third-order valence-corrected chi connectivity index (χ3v) is 2.48. The van der Waals surface area contributed by atoms with Crippen LogP contribution in [-0.4, -0.2) is 61.7 Å². The minimum absolute atomic E-state index is 0.220. The molecule has 5 N–H and O–H groups in total. The minimum Gasteiger partial charge on any atom is -0.394 e. The van der Waals surface area contributed by atoms with Crippen molar-refractivity contribution in [2.75, 3.05) is 20.8 Å². The average molecular weight is 208 g/mol. The lowest BCUT2D eigenvalue weighted by molar-refractivity contribution is -0.500. The topological polar surface area (TPSA) is 95.8 Å². The van der Waals surface area contributed by atoms with Crippen molar-refractivity contribution in [2.24, 2.45) is 0 Å². The molecule has 6 nitrogen and oxygen atoms in total. The van der Waals surface area contributed by atoms with E-state index in [9.17, 15) is 5.11 Å². The second-order valence-electron chi connectivity index (χ2n) is 3.32. The summed E-state index contributed by atoms with van der Waals surface area (Å²) in [4.78, 5) is 0. The summed E-state index contributed by atoms with van der Waals surface area (Å²) in [5.74, 6) is 0. The molecule has 0 radical (unpaired) electrons. The Labute approximate surface area is 82.6 Å². The Morgan fingerprint density at radius 3 is 2.43 bits per heavy atom. The van der Waals surface area contributed by atoms with E-state index in [0.29, 0.717) is 0 Å². The highest BCUT2D eigenvalue weighted by molar-refractivity contribution is 4.89. The number of hydrogen-bond acceptors (Lipinski definition) is 5. The number of hydrogen-bond donors (Lipinski definition) is 3. The average Bonchev–Trinajstić information content (AvgIpc) is 2.21. The Morgan fingerprint density at radius 1 is 1.36 bits per heavy atom. The first kappa shape index (κ1) is 11.8. The lowest BCUT2D eigenvalue weighted by Gasteiger charge is -2.39. The number of rotatable bonds is 3. The molecule has 0 bridgehead atoms. The fourth-order valence-electron chi connectivity index (χ4n) is 1.64. The summed E-state index contributed by atoms with van der Waals surface area (Å²) in [7, 11) is 2.93. The predicted molar refractivity (Wildman–Crippen MR) is 46.2 cm³/mol. The Balaban J connectivity index is 2.71. The molecule has 0 aromatic rings. The van der Waals surface area contributed by atoms with Crippen LogP contribution in [0.5, 0.6) is 0 Å². The number of methoxy groups -OCH3 is 2. The SMILES string of the molecule is CO[C@@H]1OC(CO)[C@@H](OC)[C@H](O)C1[NH3+]. The van der Waals surface area contributed by atoms with Crippen molar-refractivity contribution in [3.8, 4) is 0 Å². The molecule has 0 amide bonds. The summed E-state index contributed by atoms with van der Waals surface area (Å²) in [6.07, 6.45) is -2.53. The van der Waals surface area contributed by atoms with Crippen LogP contribution < -0.4 is 5.73 Å². The molecule has 1 aliphatic heterocycles. The molecule has 0 saturated carbocycles. The van der Waals surface area contributed by atoms with Gasteiger partial charge in [0.15, 0.2) is 6.04 Å². The lowest BCUT2D eigenvalue weighted by Crippen LogP contribution is -2.78. The van der Waals surface area contributed by atoms with Gasteiger partial charge < -0.3 is 30.2 Å². The van der Waals surface area contributed by atoms with Gasteiger partial charge in [-0.25, -0.2) is 0 Å². The molecule has 1 aliphatic rings. The van der Waals surface area contributed by atoms with Crippen molar-refractivity contribution in [3.05, 3.63) is 0 Å². The molecule has 1 saturated heterocycles. The van der Waals surface area contributed by atoms with Crippen LogP contribution in [0.25, 0.3) is 0 Å². The van der Waals surface area contributed by atoms with Crippen LogP contribution in [0, 0.1) is 0 Å². The fraction of sp³-hybridized carbons (Fsp3) is 1.00. The van der Waals surface area contributed by atoms with Crippen molar-refractivity contribution in [3.63, 3.8) is 0 Å². The summed E-state index contributed by atoms with van der Waals surface area (Å²) in [6, 6.07) is -0.423. The Kier molecular flexibility index (Phi) is 4.24. The second-order valence-corrected chi connectivity index (χ2v) is 3.32. The van der Waals surface area contributed by atoms with E-state index in [2.05, 4.69) is 5.73 Å². The highest BCUT2D eigenvalue weighted by Gasteiger charge is 2.46. The van der Waals surface area contributed by atoms with E-state index >= 15 is 0 Å². The van der Waals surface area contributed by atoms with Gasteiger partial charge in [0.05, 0.1) is 6.61 Å². The van der Waals surface area contributed by atoms with Gasteiger partial charge in [0.2, 0.25) is 6.29 Å². The molecule has 6 heteroatoms. The second kappa shape index (κ2) is 5.01. The van der Waals surface area contributed by atoms with Crippen molar-refractivity contribution < 1.29 is 30.2 Å². The zero-order chi connectivity index (χ0) is 10.7. The number of ether oxygens (including phenoxy) is 3. The van der Waals surface area contributed by atoms with Gasteiger partial charge >= 0.3 is 0 Å². The van der Waals surface area contributed by atoms with Crippen molar-refractivity contribution >= 4 is 0 Å². The highest BCUT2D eigenvalue weighted by Crippen LogP contribution is 2.21. The number of quaternary nitrogens is 1. The van der Waals surface area contributed by atoms with Gasteiger partial charge in [0.1, 0.15) is 18.3 Å². The van der Waals surface area contributed by atoms with E-state index in [-0.39, 0.29) is 6.61 Å². The molecule has 14 heavy (non-hydrogen) atoms. The maximum absolute atomic E-state index is 9.78. The van der Waals surface area contributed by atoms with Crippen LogP contribution in [-0.2, 0) is 14.2 Å². The van der Waals surface area contributed by atoms with E-state index in [1.165, 1.54) is 14.2 Å². The quantitative estimate of drug-likeness (QED) is 0.470. The smallest absolute Gasteiger partial charge is 0.213 e. The van der Waals surface area contributed by atoms with Gasteiger partial charge in [-0.15, -0.1) is 0 Å². The molecule has 1 rings (SSSR count). The van der Waals surface area contributed by atoms with Gasteiger partial charge in [-0.05, 0) is 0 Å². The van der Waals surface area contributed by atoms with Crippen LogP contribution in [0.4, 0.5) is 0 Å². The zero-order valence-corrected chi connectivity index (χ0v) is 8.42. The van der Waals surface area contributed by atoms with Crippen molar-refractivity contribution in [2.45, 2.75) is 30.6 Å². The Bertz CT molecular complexity index is 177. The summed E-state index contributed by atoms with van der Waals surface area (Å²) < 4.78 is 15.4. The summed E-state index contributed by atoms with van der Waals surface area (Å²) in [5.41, 5.74) is 3.74. The normalized spacial score (nSPS) is 43.9. The van der Waals surface area contributed by atoms with E-state index < -0.39 is 30.6 Å². The number of aliphatic hydroxyl groups is 2. The highest BCUT2D eigenvalue weighted by atomic mass is 16.7. The fourth-order valence-corrected chi connectivity index (χ4v) is 1.64. The largest absolute Gasteiger partial charge is 0.394 e. The van der Waals surface area contributed by atoms with Gasteiger partial charge in [0, 0.05) is 14.2 Å². The van der Waals surface area contributed by atoms with E-state index in [1.54, 1.807) is 0 Å². The van der Waals surface area contributed by atoms with E-state index in [1.807, 2.05) is 0 Å². The maximum Gasteiger partial charge on any atom is 0.213 e. The van der Waals surface area contributed by atoms with Crippen LogP contribution in [0.1, 0.15) is 0 Å². The molecule has 0 spiro atoms. The van der Waals surface area contributed by atoms with Gasteiger partial charge in [0.25, 0.3) is 0 Å². The Morgan fingerprint density at radius 2 is 2.00 bits per heavy atom. The molecule has 84 valence electrons. The van der Waals surface area contributed by atoms with Gasteiger partial charge in [-0.2, -0.15) is 0 Å². The lowest BCUT2D eigenvalue weighted by atomic mass is 9.97. The molecule has 1 fully saturated rings. The van der Waals surface area contributed by atoms with Gasteiger partial charge in [-0.3, -0.25) is 0 Å². The minimum atomic E-state index is -0.796. The molecule has 0 aliphatic carbocycles. The first-order valence-electron chi connectivity index (χ1n) is 4.48. The molecular formula is C8H18NO5+. The van der Waals surface area contributed by atoms with Crippen LogP contribution in [0.3, 0.4) is 0 Å². The van der Waals surface area contributed by atoms with Crippen LogP contribution >= 0.6 is 0 Å². The Hall–Kier alpha value is -0.240. The van der Waals surface area contributed by atoms with Gasteiger partial charge in [-0.1, -0.05) is 0 Å². The third kappa shape index (κ3) is 2.05. The van der Waals surface area contributed by atoms with Crippen LogP contribution in [0.15, 0.2) is 0 Å². The van der Waals surface area contributed by atoms with Crippen LogP contribution in [0.2, 0.25) is 0 Å². The van der Waals surface area contributed by atoms with Crippen molar-refractivity contribution in [1.82, 2.24) is 0 Å². The zero-order valence-electron chi connectivity index (χ0n) is 8.42. The van der Waals surface area contributed by atoms with E-state index in [0.717, 1.165) is 0 Å². The number of aliphatic hydroxyl groups excluding tert-OH is 2. The monoisotopic (exact) mass is 208 g/mol. The molecule has 2 unspecified atom stereocenters. The van der Waals surface area contributed by atoms with E-state index in [4.69, 9.17) is 19.3 Å². The summed E-state index contributed by atoms with van der Waals surface area (Å²) in [6.45, 7) is -0.220. The van der Waals surface area contributed by atoms with Crippen molar-refractivity contribution in [1.29, 1.82) is 0 Å². The predicted octanol–water partition coefficient (Wildman–Crippen LogP) is -2.66. The first-order chi connectivity index (χ1) is 6.65. The molecular weight excluding hydrogens is 190 g/mol. The molecule has 0 aromatic carbocycles.